The zero-order valence-corrected chi connectivity index (χ0v) is 14.9. The highest BCUT2D eigenvalue weighted by Gasteiger charge is 2.22. The van der Waals surface area contributed by atoms with E-state index in [2.05, 4.69) is 28.9 Å². The van der Waals surface area contributed by atoms with Gasteiger partial charge in [0.25, 0.3) is 0 Å². The molecule has 1 aromatic carbocycles. The highest BCUT2D eigenvalue weighted by atomic mass is 16.3. The van der Waals surface area contributed by atoms with Gasteiger partial charge in [-0.05, 0) is 24.2 Å². The van der Waals surface area contributed by atoms with Crippen molar-refractivity contribution >= 4 is 5.91 Å². The maximum absolute atomic E-state index is 12.9. The first-order valence-electron chi connectivity index (χ1n) is 9.03. The second-order valence-corrected chi connectivity index (χ2v) is 6.53. The fourth-order valence-corrected chi connectivity index (χ4v) is 3.18. The molecule has 1 aliphatic heterocycles. The van der Waals surface area contributed by atoms with E-state index in [9.17, 15) is 4.79 Å². The molecule has 25 heavy (non-hydrogen) atoms. The first-order chi connectivity index (χ1) is 12.2. The Morgan fingerprint density at radius 2 is 1.72 bits per heavy atom. The van der Waals surface area contributed by atoms with Crippen molar-refractivity contribution < 1.29 is 9.21 Å². The van der Waals surface area contributed by atoms with Gasteiger partial charge in [-0.1, -0.05) is 37.3 Å². The van der Waals surface area contributed by atoms with Crippen LogP contribution in [0.4, 0.5) is 0 Å². The van der Waals surface area contributed by atoms with E-state index in [1.807, 2.05) is 35.2 Å². The van der Waals surface area contributed by atoms with Crippen molar-refractivity contribution in [3.63, 3.8) is 0 Å². The summed E-state index contributed by atoms with van der Waals surface area (Å²) in [6.07, 6.45) is 1.66. The minimum absolute atomic E-state index is 0.158. The smallest absolute Gasteiger partial charge is 0.237 e. The zero-order chi connectivity index (χ0) is 17.5. The van der Waals surface area contributed by atoms with Crippen LogP contribution in [0, 0.1) is 0 Å². The molecule has 1 aliphatic rings. The number of nitrogens with zero attached hydrogens (tertiary/aromatic N) is 3. The number of carbonyl (C=O) groups is 1. The average molecular weight is 341 g/mol. The normalized spacial score (nSPS) is 16.0. The molecule has 1 saturated heterocycles. The fourth-order valence-electron chi connectivity index (χ4n) is 3.18. The standard InChI is InChI=1S/C20H27N3O2/c1-2-21-10-12-22(13-11-21)17-20(24)23(16-19-9-6-14-25-19)15-18-7-4-3-5-8-18/h3-9,14H,2,10-13,15-17H2,1H3. The summed E-state index contributed by atoms with van der Waals surface area (Å²) >= 11 is 0. The Hall–Kier alpha value is -2.11. The Labute approximate surface area is 149 Å². The summed E-state index contributed by atoms with van der Waals surface area (Å²) in [5.41, 5.74) is 1.14. The lowest BCUT2D eigenvalue weighted by atomic mass is 10.2. The molecule has 5 nitrogen and oxygen atoms in total. The summed E-state index contributed by atoms with van der Waals surface area (Å²) in [6, 6.07) is 13.9. The summed E-state index contributed by atoms with van der Waals surface area (Å²) in [7, 11) is 0. The third-order valence-corrected chi connectivity index (χ3v) is 4.77. The molecule has 0 bridgehead atoms. The molecular formula is C20H27N3O2. The molecule has 134 valence electrons. The summed E-state index contributed by atoms with van der Waals surface area (Å²) in [5, 5.41) is 0. The maximum Gasteiger partial charge on any atom is 0.237 e. The monoisotopic (exact) mass is 341 g/mol. The predicted molar refractivity (Wildman–Crippen MR) is 98.0 cm³/mol. The van der Waals surface area contributed by atoms with E-state index in [1.165, 1.54) is 0 Å². The SMILES string of the molecule is CCN1CCN(CC(=O)N(Cc2ccccc2)Cc2ccco2)CC1. The fraction of sp³-hybridized carbons (Fsp3) is 0.450. The van der Waals surface area contributed by atoms with Gasteiger partial charge in [0.2, 0.25) is 5.91 Å². The molecule has 1 fully saturated rings. The third kappa shape index (κ3) is 5.18. The van der Waals surface area contributed by atoms with E-state index < -0.39 is 0 Å². The van der Waals surface area contributed by atoms with Crippen molar-refractivity contribution in [3.8, 4) is 0 Å². The summed E-state index contributed by atoms with van der Waals surface area (Å²) < 4.78 is 5.46. The van der Waals surface area contributed by atoms with E-state index in [1.54, 1.807) is 6.26 Å². The molecule has 0 unspecified atom stereocenters. The van der Waals surface area contributed by atoms with Gasteiger partial charge >= 0.3 is 0 Å². The van der Waals surface area contributed by atoms with Crippen molar-refractivity contribution in [2.75, 3.05) is 39.3 Å². The Bertz CT molecular complexity index is 634. The summed E-state index contributed by atoms with van der Waals surface area (Å²) in [4.78, 5) is 19.5. The molecule has 0 saturated carbocycles. The van der Waals surface area contributed by atoms with Gasteiger partial charge in [-0.25, -0.2) is 0 Å². The van der Waals surface area contributed by atoms with Crippen LogP contribution in [0.2, 0.25) is 0 Å². The number of piperazine rings is 1. The topological polar surface area (TPSA) is 39.9 Å². The number of amides is 1. The number of benzene rings is 1. The molecule has 0 N–H and O–H groups in total. The maximum atomic E-state index is 12.9. The van der Waals surface area contributed by atoms with Crippen LogP contribution in [-0.2, 0) is 17.9 Å². The minimum Gasteiger partial charge on any atom is -0.467 e. The average Bonchev–Trinajstić information content (AvgIpc) is 3.16. The molecule has 0 aliphatic carbocycles. The van der Waals surface area contributed by atoms with Gasteiger partial charge < -0.3 is 14.2 Å². The minimum atomic E-state index is 0.158. The van der Waals surface area contributed by atoms with Crippen LogP contribution < -0.4 is 0 Å². The van der Waals surface area contributed by atoms with Crippen LogP contribution in [0.15, 0.2) is 53.1 Å². The molecule has 0 radical (unpaired) electrons. The second kappa shape index (κ2) is 8.83. The quantitative estimate of drug-likeness (QED) is 0.776. The highest BCUT2D eigenvalue weighted by Crippen LogP contribution is 2.12. The van der Waals surface area contributed by atoms with E-state index in [0.717, 1.165) is 44.0 Å². The first-order valence-corrected chi connectivity index (χ1v) is 9.03. The third-order valence-electron chi connectivity index (χ3n) is 4.77. The van der Waals surface area contributed by atoms with Crippen LogP contribution in [0.3, 0.4) is 0 Å². The molecule has 1 aromatic heterocycles. The van der Waals surface area contributed by atoms with Crippen molar-refractivity contribution in [2.24, 2.45) is 0 Å². The van der Waals surface area contributed by atoms with Gasteiger partial charge in [0.1, 0.15) is 5.76 Å². The number of hydrogen-bond donors (Lipinski definition) is 0. The molecule has 0 spiro atoms. The number of carbonyl (C=O) groups excluding carboxylic acids is 1. The number of furan rings is 1. The largest absolute Gasteiger partial charge is 0.467 e. The van der Waals surface area contributed by atoms with Gasteiger partial charge in [0, 0.05) is 32.7 Å². The number of hydrogen-bond acceptors (Lipinski definition) is 4. The molecular weight excluding hydrogens is 314 g/mol. The van der Waals surface area contributed by atoms with Crippen molar-refractivity contribution in [1.29, 1.82) is 0 Å². The number of likely N-dealkylation sites (N-methyl/N-ethyl adjacent to an activating group) is 1. The van der Waals surface area contributed by atoms with E-state index in [-0.39, 0.29) is 5.91 Å². The van der Waals surface area contributed by atoms with E-state index >= 15 is 0 Å². The van der Waals surface area contributed by atoms with Gasteiger partial charge in [-0.15, -0.1) is 0 Å². The van der Waals surface area contributed by atoms with E-state index in [0.29, 0.717) is 19.6 Å². The van der Waals surface area contributed by atoms with Gasteiger partial charge in [0.15, 0.2) is 0 Å². The summed E-state index contributed by atoms with van der Waals surface area (Å²) in [6.45, 7) is 8.86. The second-order valence-electron chi connectivity index (χ2n) is 6.53. The van der Waals surface area contributed by atoms with Crippen LogP contribution in [0.1, 0.15) is 18.2 Å². The molecule has 5 heteroatoms. The highest BCUT2D eigenvalue weighted by molar-refractivity contribution is 5.78. The van der Waals surface area contributed by atoms with Crippen LogP contribution in [0.25, 0.3) is 0 Å². The van der Waals surface area contributed by atoms with Crippen LogP contribution >= 0.6 is 0 Å². The van der Waals surface area contributed by atoms with Gasteiger partial charge in [0.05, 0.1) is 19.4 Å². The molecule has 0 atom stereocenters. The van der Waals surface area contributed by atoms with Crippen LogP contribution in [0.5, 0.6) is 0 Å². The summed E-state index contributed by atoms with van der Waals surface area (Å²) in [5.74, 6) is 0.977. The Kier molecular flexibility index (Phi) is 6.25. The predicted octanol–water partition coefficient (Wildman–Crippen LogP) is 2.45. The molecule has 2 aromatic rings. The Morgan fingerprint density at radius 1 is 1.00 bits per heavy atom. The van der Waals surface area contributed by atoms with Gasteiger partial charge in [-0.3, -0.25) is 9.69 Å². The lowest BCUT2D eigenvalue weighted by Crippen LogP contribution is -2.49. The number of rotatable bonds is 7. The Morgan fingerprint density at radius 3 is 2.36 bits per heavy atom. The lowest BCUT2D eigenvalue weighted by molar-refractivity contribution is -0.134. The van der Waals surface area contributed by atoms with Gasteiger partial charge in [-0.2, -0.15) is 0 Å². The Balaban J connectivity index is 1.62. The van der Waals surface area contributed by atoms with Crippen LogP contribution in [-0.4, -0.2) is 59.9 Å². The molecule has 1 amide bonds. The van der Waals surface area contributed by atoms with E-state index in [4.69, 9.17) is 4.42 Å². The first kappa shape index (κ1) is 17.7. The van der Waals surface area contributed by atoms with Crippen molar-refractivity contribution in [2.45, 2.75) is 20.0 Å². The molecule has 3 rings (SSSR count). The zero-order valence-electron chi connectivity index (χ0n) is 14.9. The van der Waals surface area contributed by atoms with Crippen molar-refractivity contribution in [1.82, 2.24) is 14.7 Å². The lowest BCUT2D eigenvalue weighted by Gasteiger charge is -2.34. The molecule has 2 heterocycles. The van der Waals surface area contributed by atoms with Crippen molar-refractivity contribution in [3.05, 3.63) is 60.1 Å².